The second kappa shape index (κ2) is 13.7. The number of anilines is 1. The van der Waals surface area contributed by atoms with Crippen molar-refractivity contribution in [3.8, 4) is 11.5 Å². The summed E-state index contributed by atoms with van der Waals surface area (Å²) >= 11 is 3.50. The molecule has 0 fully saturated rings. The maximum absolute atomic E-state index is 14.0. The van der Waals surface area contributed by atoms with Gasteiger partial charge in [0.25, 0.3) is 0 Å². The minimum absolute atomic E-state index is 0.218. The highest BCUT2D eigenvalue weighted by atomic mass is 79.9. The average molecular weight is 608 g/mol. The molecule has 0 aliphatic heterocycles. The summed E-state index contributed by atoms with van der Waals surface area (Å²) in [4.78, 5) is 15.9. The Morgan fingerprint density at radius 1 is 0.732 bits per heavy atom. The third-order valence-electron chi connectivity index (χ3n) is 6.70. The minimum Gasteiger partial charge on any atom is -0.493 e. The normalized spacial score (nSPS) is 10.7. The zero-order valence-electron chi connectivity index (χ0n) is 22.7. The molecule has 0 saturated heterocycles. The molecule has 1 N–H and O–H groups in total. The largest absolute Gasteiger partial charge is 0.493 e. The number of nitrogens with zero attached hydrogens (tertiary/aromatic N) is 1. The molecule has 41 heavy (non-hydrogen) atoms. The Hall–Kier alpha value is -4.55. The van der Waals surface area contributed by atoms with Gasteiger partial charge in [-0.15, -0.1) is 0 Å². The fraction of sp³-hybridized carbons (Fsp3) is 0.114. The minimum atomic E-state index is -0.329. The number of carbonyl (C=O) groups is 1. The number of nitrogens with one attached hydrogen (secondary N) is 1. The van der Waals surface area contributed by atoms with Crippen molar-refractivity contribution in [3.63, 3.8) is 0 Å². The molecule has 2 amide bonds. The molecule has 0 aromatic heterocycles. The lowest BCUT2D eigenvalue weighted by atomic mass is 9.96. The van der Waals surface area contributed by atoms with E-state index in [1.165, 1.54) is 0 Å². The molecule has 0 saturated carbocycles. The van der Waals surface area contributed by atoms with E-state index in [0.29, 0.717) is 30.3 Å². The number of carbonyl (C=O) groups excluding carboxylic acids is 1. The summed E-state index contributed by atoms with van der Waals surface area (Å²) in [5.74, 6) is 1.26. The summed E-state index contributed by atoms with van der Waals surface area (Å²) in [6.07, 6.45) is 0. The Balaban J connectivity index is 1.49. The van der Waals surface area contributed by atoms with Crippen LogP contribution < -0.4 is 14.8 Å². The standard InChI is InChI=1S/C35H31BrN2O3/c1-40-33-22-27(20-21-32(33)41-25-26-12-5-2-6-13-26)24-38(35(39)37-31-19-11-18-30(36)23-31)34(28-14-7-3-8-15-28)29-16-9-4-10-17-29/h2-23,34H,24-25H2,1H3,(H,37,39). The van der Waals surface area contributed by atoms with E-state index in [1.807, 2.05) is 114 Å². The molecule has 0 aliphatic carbocycles. The van der Waals surface area contributed by atoms with Gasteiger partial charge in [-0.25, -0.2) is 4.79 Å². The Morgan fingerprint density at radius 2 is 1.37 bits per heavy atom. The summed E-state index contributed by atoms with van der Waals surface area (Å²) in [5, 5.41) is 3.10. The molecular weight excluding hydrogens is 576 g/mol. The molecule has 0 aliphatic rings. The van der Waals surface area contributed by atoms with Crippen LogP contribution in [-0.2, 0) is 13.2 Å². The Bertz CT molecular complexity index is 1520. The van der Waals surface area contributed by atoms with E-state index in [9.17, 15) is 4.79 Å². The summed E-state index contributed by atoms with van der Waals surface area (Å²) in [6, 6.07) is 43.0. The molecule has 5 aromatic rings. The lowest BCUT2D eigenvalue weighted by Crippen LogP contribution is -2.38. The van der Waals surface area contributed by atoms with Gasteiger partial charge in [-0.05, 0) is 52.6 Å². The number of amides is 2. The van der Waals surface area contributed by atoms with Crippen molar-refractivity contribution in [2.45, 2.75) is 19.2 Å². The number of hydrogen-bond donors (Lipinski definition) is 1. The van der Waals surface area contributed by atoms with E-state index in [0.717, 1.165) is 26.7 Å². The lowest BCUT2D eigenvalue weighted by Gasteiger charge is -2.33. The van der Waals surface area contributed by atoms with Crippen LogP contribution in [-0.4, -0.2) is 18.0 Å². The molecule has 5 nitrogen and oxygen atoms in total. The number of halogens is 1. The van der Waals surface area contributed by atoms with Crippen LogP contribution in [0.25, 0.3) is 0 Å². The second-order valence-corrected chi connectivity index (χ2v) is 10.5. The molecule has 0 unspecified atom stereocenters. The van der Waals surface area contributed by atoms with Crippen molar-refractivity contribution in [2.24, 2.45) is 0 Å². The summed E-state index contributed by atoms with van der Waals surface area (Å²) < 4.78 is 12.7. The maximum atomic E-state index is 14.0. The highest BCUT2D eigenvalue weighted by Gasteiger charge is 2.27. The number of ether oxygens (including phenoxy) is 2. The second-order valence-electron chi connectivity index (χ2n) is 9.55. The molecule has 5 aromatic carbocycles. The van der Waals surface area contributed by atoms with Crippen LogP contribution >= 0.6 is 15.9 Å². The van der Waals surface area contributed by atoms with Crippen molar-refractivity contribution in [2.75, 3.05) is 12.4 Å². The van der Waals surface area contributed by atoms with Gasteiger partial charge in [-0.3, -0.25) is 0 Å². The monoisotopic (exact) mass is 606 g/mol. The van der Waals surface area contributed by atoms with E-state index in [1.54, 1.807) is 7.11 Å². The van der Waals surface area contributed by atoms with Gasteiger partial charge in [0.05, 0.1) is 13.2 Å². The van der Waals surface area contributed by atoms with Gasteiger partial charge < -0.3 is 19.7 Å². The number of methoxy groups -OCH3 is 1. The number of benzene rings is 5. The van der Waals surface area contributed by atoms with Crippen LogP contribution in [0.3, 0.4) is 0 Å². The van der Waals surface area contributed by atoms with Gasteiger partial charge in [0.15, 0.2) is 11.5 Å². The van der Waals surface area contributed by atoms with Gasteiger partial charge >= 0.3 is 6.03 Å². The van der Waals surface area contributed by atoms with E-state index in [4.69, 9.17) is 9.47 Å². The van der Waals surface area contributed by atoms with Crippen molar-refractivity contribution < 1.29 is 14.3 Å². The van der Waals surface area contributed by atoms with Gasteiger partial charge in [-0.1, -0.05) is 119 Å². The van der Waals surface area contributed by atoms with Crippen molar-refractivity contribution in [1.82, 2.24) is 4.90 Å². The highest BCUT2D eigenvalue weighted by molar-refractivity contribution is 9.10. The zero-order valence-corrected chi connectivity index (χ0v) is 24.3. The molecular formula is C35H31BrN2O3. The van der Waals surface area contributed by atoms with Crippen molar-refractivity contribution in [1.29, 1.82) is 0 Å². The first kappa shape index (κ1) is 28.0. The Kier molecular flexibility index (Phi) is 9.34. The Labute approximate surface area is 249 Å². The number of rotatable bonds is 10. The van der Waals surface area contributed by atoms with Crippen LogP contribution in [0.4, 0.5) is 10.5 Å². The first-order valence-corrected chi connectivity index (χ1v) is 14.2. The third kappa shape index (κ3) is 7.35. The lowest BCUT2D eigenvalue weighted by molar-refractivity contribution is 0.194. The fourth-order valence-electron chi connectivity index (χ4n) is 4.73. The SMILES string of the molecule is COc1cc(CN(C(=O)Nc2cccc(Br)c2)C(c2ccccc2)c2ccccc2)ccc1OCc1ccccc1. The van der Waals surface area contributed by atoms with E-state index >= 15 is 0 Å². The van der Waals surface area contributed by atoms with Crippen LogP contribution in [0.2, 0.25) is 0 Å². The molecule has 5 rings (SSSR count). The fourth-order valence-corrected chi connectivity index (χ4v) is 5.13. The average Bonchev–Trinajstić information content (AvgIpc) is 3.01. The molecule has 206 valence electrons. The Morgan fingerprint density at radius 3 is 1.98 bits per heavy atom. The van der Waals surface area contributed by atoms with Gasteiger partial charge in [-0.2, -0.15) is 0 Å². The zero-order chi connectivity index (χ0) is 28.4. The predicted octanol–water partition coefficient (Wildman–Crippen LogP) is 8.86. The molecule has 6 heteroatoms. The van der Waals surface area contributed by atoms with Crippen LogP contribution in [0.1, 0.15) is 28.3 Å². The molecule has 0 bridgehead atoms. The van der Waals surface area contributed by atoms with Crippen molar-refractivity contribution in [3.05, 3.63) is 160 Å². The summed E-state index contributed by atoms with van der Waals surface area (Å²) in [6.45, 7) is 0.769. The topological polar surface area (TPSA) is 50.8 Å². The molecule has 0 heterocycles. The molecule has 0 atom stereocenters. The maximum Gasteiger partial charge on any atom is 0.322 e. The van der Waals surface area contributed by atoms with Crippen LogP contribution in [0, 0.1) is 0 Å². The first-order valence-electron chi connectivity index (χ1n) is 13.4. The van der Waals surface area contributed by atoms with E-state index < -0.39 is 0 Å². The number of urea groups is 1. The number of hydrogen-bond acceptors (Lipinski definition) is 3. The van der Waals surface area contributed by atoms with Gasteiger partial charge in [0.1, 0.15) is 6.61 Å². The van der Waals surface area contributed by atoms with Gasteiger partial charge in [0.2, 0.25) is 0 Å². The highest BCUT2D eigenvalue weighted by Crippen LogP contribution is 2.34. The smallest absolute Gasteiger partial charge is 0.322 e. The van der Waals surface area contributed by atoms with Gasteiger partial charge in [0, 0.05) is 16.7 Å². The summed E-state index contributed by atoms with van der Waals surface area (Å²) in [5.41, 5.74) is 4.71. The predicted molar refractivity (Wildman–Crippen MR) is 167 cm³/mol. The van der Waals surface area contributed by atoms with E-state index in [-0.39, 0.29) is 12.1 Å². The van der Waals surface area contributed by atoms with Crippen LogP contribution in [0.5, 0.6) is 11.5 Å². The first-order chi connectivity index (χ1) is 20.1. The third-order valence-corrected chi connectivity index (χ3v) is 7.19. The molecule has 0 radical (unpaired) electrons. The molecule has 0 spiro atoms. The van der Waals surface area contributed by atoms with Crippen LogP contribution in [0.15, 0.2) is 138 Å². The summed E-state index contributed by atoms with van der Waals surface area (Å²) in [7, 11) is 1.63. The van der Waals surface area contributed by atoms with E-state index in [2.05, 4.69) is 45.5 Å². The quantitative estimate of drug-likeness (QED) is 0.173. The van der Waals surface area contributed by atoms with Crippen molar-refractivity contribution >= 4 is 27.6 Å².